The molecule has 0 radical (unpaired) electrons. The molecule has 1 amide bonds. The van der Waals surface area contributed by atoms with Crippen LogP contribution in [-0.4, -0.2) is 48.8 Å². The molecule has 4 aromatic rings. The van der Waals surface area contributed by atoms with Crippen LogP contribution < -0.4 is 10.2 Å². The van der Waals surface area contributed by atoms with Crippen LogP contribution in [0.5, 0.6) is 0 Å². The monoisotopic (exact) mass is 444 g/mol. The van der Waals surface area contributed by atoms with Crippen LogP contribution >= 0.6 is 11.3 Å². The number of hydrogen-bond acceptors (Lipinski definition) is 7. The highest BCUT2D eigenvalue weighted by Crippen LogP contribution is 2.33. The predicted octanol–water partition coefficient (Wildman–Crippen LogP) is 3.67. The first-order valence-corrected chi connectivity index (χ1v) is 10.5. The summed E-state index contributed by atoms with van der Waals surface area (Å²) >= 11 is 1.10. The van der Waals surface area contributed by atoms with Gasteiger partial charge in [0.25, 0.3) is 12.3 Å². The highest BCUT2D eigenvalue weighted by molar-refractivity contribution is 7.15. The Bertz CT molecular complexity index is 1260. The molecular formula is C19H18F2N8OS. The van der Waals surface area contributed by atoms with Crippen molar-refractivity contribution in [3.63, 3.8) is 0 Å². The van der Waals surface area contributed by atoms with Crippen LogP contribution in [0.15, 0.2) is 24.5 Å². The molecule has 0 bridgehead atoms. The standard InChI is InChI=1S/C19H18F2N8OS/c1-10-14(16(20)21)25-18(31-10)12-9-22-26-15(12)17(30)23-11-4-7-29-13(8-11)24-19(27-29)28-5-2-3-6-28/h4,7-9,16H,2-3,5-6H2,1H3,(H,22,26)(H,23,30). The average molecular weight is 444 g/mol. The molecule has 0 aliphatic carbocycles. The second kappa shape index (κ2) is 7.69. The number of H-pyrrole nitrogens is 1. The van der Waals surface area contributed by atoms with E-state index in [1.165, 1.54) is 6.20 Å². The third-order valence-electron chi connectivity index (χ3n) is 5.11. The lowest BCUT2D eigenvalue weighted by Crippen LogP contribution is -2.19. The number of fused-ring (bicyclic) bond motifs is 1. The predicted molar refractivity (Wildman–Crippen MR) is 112 cm³/mol. The van der Waals surface area contributed by atoms with Gasteiger partial charge < -0.3 is 10.2 Å². The largest absolute Gasteiger partial charge is 0.340 e. The Morgan fingerprint density at radius 1 is 1.29 bits per heavy atom. The first-order valence-electron chi connectivity index (χ1n) is 9.71. The van der Waals surface area contributed by atoms with Gasteiger partial charge in [-0.1, -0.05) is 0 Å². The molecule has 0 saturated carbocycles. The van der Waals surface area contributed by atoms with Crippen molar-refractivity contribution in [2.24, 2.45) is 0 Å². The summed E-state index contributed by atoms with van der Waals surface area (Å²) in [6, 6.07) is 3.44. The third-order valence-corrected chi connectivity index (χ3v) is 6.13. The van der Waals surface area contributed by atoms with Gasteiger partial charge in [0.2, 0.25) is 5.95 Å². The van der Waals surface area contributed by atoms with Gasteiger partial charge in [-0.25, -0.2) is 18.3 Å². The van der Waals surface area contributed by atoms with Crippen molar-refractivity contribution in [2.45, 2.75) is 26.2 Å². The lowest BCUT2D eigenvalue weighted by atomic mass is 10.2. The highest BCUT2D eigenvalue weighted by atomic mass is 32.1. The number of nitrogens with zero attached hydrogens (tertiary/aromatic N) is 6. The number of halogens is 2. The maximum absolute atomic E-state index is 13.1. The number of carbonyl (C=O) groups excluding carboxylic acids is 1. The maximum Gasteiger partial charge on any atom is 0.281 e. The van der Waals surface area contributed by atoms with E-state index < -0.39 is 12.3 Å². The van der Waals surface area contributed by atoms with E-state index in [2.05, 4.69) is 35.5 Å². The summed E-state index contributed by atoms with van der Waals surface area (Å²) in [5, 5.41) is 14.1. The number of aromatic amines is 1. The molecule has 0 spiro atoms. The molecule has 1 aliphatic heterocycles. The molecule has 0 unspecified atom stereocenters. The van der Waals surface area contributed by atoms with Crippen molar-refractivity contribution in [1.29, 1.82) is 0 Å². The van der Waals surface area contributed by atoms with Gasteiger partial charge in [-0.15, -0.1) is 16.4 Å². The number of aryl methyl sites for hydroxylation is 1. The summed E-state index contributed by atoms with van der Waals surface area (Å²) in [7, 11) is 0. The summed E-state index contributed by atoms with van der Waals surface area (Å²) in [6.07, 6.45) is 2.72. The Hall–Kier alpha value is -3.41. The average Bonchev–Trinajstić information content (AvgIpc) is 3.51. The van der Waals surface area contributed by atoms with E-state index in [0.717, 1.165) is 37.3 Å². The van der Waals surface area contributed by atoms with Gasteiger partial charge in [-0.3, -0.25) is 9.89 Å². The molecule has 31 heavy (non-hydrogen) atoms. The van der Waals surface area contributed by atoms with Gasteiger partial charge in [0, 0.05) is 35.9 Å². The summed E-state index contributed by atoms with van der Waals surface area (Å²) in [6.45, 7) is 3.45. The maximum atomic E-state index is 13.1. The number of aromatic nitrogens is 6. The van der Waals surface area contributed by atoms with Gasteiger partial charge >= 0.3 is 0 Å². The minimum atomic E-state index is -2.67. The number of anilines is 2. The summed E-state index contributed by atoms with van der Waals surface area (Å²) < 4.78 is 27.8. The van der Waals surface area contributed by atoms with Crippen LogP contribution in [0.25, 0.3) is 16.2 Å². The smallest absolute Gasteiger partial charge is 0.281 e. The molecular weight excluding hydrogens is 426 g/mol. The molecule has 1 aliphatic rings. The quantitative estimate of drug-likeness (QED) is 0.487. The van der Waals surface area contributed by atoms with Crippen LogP contribution in [0.2, 0.25) is 0 Å². The van der Waals surface area contributed by atoms with Crippen molar-refractivity contribution >= 4 is 34.5 Å². The van der Waals surface area contributed by atoms with Crippen molar-refractivity contribution in [3.8, 4) is 10.6 Å². The van der Waals surface area contributed by atoms with Crippen LogP contribution in [0.1, 0.15) is 40.3 Å². The summed E-state index contributed by atoms with van der Waals surface area (Å²) in [4.78, 5) is 23.9. The zero-order chi connectivity index (χ0) is 21.5. The van der Waals surface area contributed by atoms with E-state index in [4.69, 9.17) is 0 Å². The highest BCUT2D eigenvalue weighted by Gasteiger charge is 2.23. The number of pyridine rings is 1. The number of hydrogen-bond donors (Lipinski definition) is 2. The molecule has 1 fully saturated rings. The first-order chi connectivity index (χ1) is 15.0. The Balaban J connectivity index is 1.39. The fourth-order valence-corrected chi connectivity index (χ4v) is 4.48. The van der Waals surface area contributed by atoms with Crippen LogP contribution in [-0.2, 0) is 0 Å². The molecule has 5 rings (SSSR count). The summed E-state index contributed by atoms with van der Waals surface area (Å²) in [5.41, 5.74) is 1.38. The molecule has 9 nitrogen and oxygen atoms in total. The molecule has 4 aromatic heterocycles. The molecule has 0 atom stereocenters. The number of rotatable bonds is 5. The zero-order valence-electron chi connectivity index (χ0n) is 16.5. The van der Waals surface area contributed by atoms with Crippen LogP contribution in [0, 0.1) is 6.92 Å². The topological polar surface area (TPSA) is 104 Å². The van der Waals surface area contributed by atoms with E-state index in [9.17, 15) is 13.6 Å². The third kappa shape index (κ3) is 3.63. The lowest BCUT2D eigenvalue weighted by Gasteiger charge is -2.10. The number of thiazole rings is 1. The Kier molecular flexibility index (Phi) is 4.85. The van der Waals surface area contributed by atoms with E-state index >= 15 is 0 Å². The Morgan fingerprint density at radius 2 is 2.10 bits per heavy atom. The van der Waals surface area contributed by atoms with Gasteiger partial charge in [-0.05, 0) is 25.8 Å². The minimum Gasteiger partial charge on any atom is -0.340 e. The van der Waals surface area contributed by atoms with E-state index in [1.807, 2.05) is 0 Å². The van der Waals surface area contributed by atoms with Crippen LogP contribution in [0.4, 0.5) is 20.4 Å². The number of carbonyl (C=O) groups is 1. The summed E-state index contributed by atoms with van der Waals surface area (Å²) in [5.74, 6) is 0.216. The van der Waals surface area contributed by atoms with Crippen molar-refractivity contribution < 1.29 is 13.6 Å². The van der Waals surface area contributed by atoms with E-state index in [1.54, 1.807) is 29.8 Å². The van der Waals surface area contributed by atoms with Gasteiger partial charge in [0.1, 0.15) is 16.4 Å². The molecule has 5 heterocycles. The van der Waals surface area contributed by atoms with E-state index in [0.29, 0.717) is 32.7 Å². The molecule has 0 aromatic carbocycles. The van der Waals surface area contributed by atoms with Crippen molar-refractivity contribution in [3.05, 3.63) is 40.8 Å². The van der Waals surface area contributed by atoms with Gasteiger partial charge in [-0.2, -0.15) is 10.1 Å². The second-order valence-corrected chi connectivity index (χ2v) is 8.40. The van der Waals surface area contributed by atoms with Gasteiger partial charge in [0.05, 0.1) is 11.8 Å². The van der Waals surface area contributed by atoms with Crippen molar-refractivity contribution in [2.75, 3.05) is 23.3 Å². The van der Waals surface area contributed by atoms with E-state index in [-0.39, 0.29) is 11.4 Å². The second-order valence-electron chi connectivity index (χ2n) is 7.20. The normalized spacial score (nSPS) is 14.1. The number of alkyl halides is 2. The SMILES string of the molecule is Cc1sc(-c2cn[nH]c2C(=O)Nc2ccn3nc(N4CCCC4)nc3c2)nc1C(F)F. The van der Waals surface area contributed by atoms with Crippen LogP contribution in [0.3, 0.4) is 0 Å². The molecule has 1 saturated heterocycles. The lowest BCUT2D eigenvalue weighted by molar-refractivity contribution is 0.102. The molecule has 2 N–H and O–H groups in total. The zero-order valence-corrected chi connectivity index (χ0v) is 17.3. The molecule has 12 heteroatoms. The Morgan fingerprint density at radius 3 is 2.84 bits per heavy atom. The fourth-order valence-electron chi connectivity index (χ4n) is 3.54. The number of amides is 1. The number of nitrogens with one attached hydrogen (secondary N) is 2. The fraction of sp³-hybridized carbons (Fsp3) is 0.316. The first kappa shape index (κ1) is 19.5. The minimum absolute atomic E-state index is 0.147. The Labute approximate surface area is 179 Å². The molecule has 160 valence electrons. The van der Waals surface area contributed by atoms with Crippen molar-refractivity contribution in [1.82, 2.24) is 29.8 Å². The van der Waals surface area contributed by atoms with Gasteiger partial charge in [0.15, 0.2) is 5.65 Å².